The summed E-state index contributed by atoms with van der Waals surface area (Å²) in [6.07, 6.45) is 2.07. The highest BCUT2D eigenvalue weighted by atomic mass is 79.9. The van der Waals surface area contributed by atoms with E-state index in [1.165, 1.54) is 24.4 Å². The minimum Gasteiger partial charge on any atom is -0.506 e. The molecule has 0 saturated heterocycles. The third-order valence-corrected chi connectivity index (χ3v) is 3.53. The molecule has 0 radical (unpaired) electrons. The van der Waals surface area contributed by atoms with Gasteiger partial charge in [-0.25, -0.2) is 0 Å². The van der Waals surface area contributed by atoms with Crippen molar-refractivity contribution in [2.24, 2.45) is 4.99 Å². The van der Waals surface area contributed by atoms with Crippen LogP contribution in [0.25, 0.3) is 0 Å². The minimum absolute atomic E-state index is 0.00237. The lowest BCUT2D eigenvalue weighted by Gasteiger charge is -2.04. The molecule has 2 rings (SSSR count). The third-order valence-electron chi connectivity index (χ3n) is 3.07. The molecule has 2 aromatic rings. The Hall–Kier alpha value is -2.41. The fourth-order valence-corrected chi connectivity index (χ4v) is 2.34. The van der Waals surface area contributed by atoms with Crippen molar-refractivity contribution in [2.45, 2.75) is 13.3 Å². The van der Waals surface area contributed by atoms with E-state index in [-0.39, 0.29) is 11.3 Å². The molecule has 0 amide bonds. The summed E-state index contributed by atoms with van der Waals surface area (Å²) < 4.78 is 0.449. The van der Waals surface area contributed by atoms with Gasteiger partial charge in [-0.15, -0.1) is 0 Å². The number of phenols is 2. The summed E-state index contributed by atoms with van der Waals surface area (Å²) in [5, 5.41) is 30.6. The summed E-state index contributed by atoms with van der Waals surface area (Å²) in [4.78, 5) is 14.3. The average molecular weight is 365 g/mol. The normalized spacial score (nSPS) is 11.0. The van der Waals surface area contributed by atoms with E-state index in [1.807, 2.05) is 6.92 Å². The van der Waals surface area contributed by atoms with Crippen molar-refractivity contribution >= 4 is 33.5 Å². The lowest BCUT2D eigenvalue weighted by Crippen LogP contribution is -1.92. The molecule has 2 N–H and O–H groups in total. The second-order valence-electron chi connectivity index (χ2n) is 4.55. The number of rotatable bonds is 4. The Balaban J connectivity index is 2.44. The van der Waals surface area contributed by atoms with Crippen molar-refractivity contribution in [2.75, 3.05) is 0 Å². The second kappa shape index (κ2) is 6.57. The largest absolute Gasteiger partial charge is 0.506 e. The molecule has 0 fully saturated rings. The number of aromatic hydroxyl groups is 2. The molecule has 0 aliphatic carbocycles. The monoisotopic (exact) mass is 364 g/mol. The van der Waals surface area contributed by atoms with Crippen molar-refractivity contribution in [3.05, 3.63) is 56.0 Å². The standard InChI is InChI=1S/C15H13BrN2O4/c1-2-9-3-4-14(19)12(5-9)17-8-10-6-11(16)7-13(15(10)20)18(21)22/h3-8,19-20H,2H2,1H3. The smallest absolute Gasteiger partial charge is 0.312 e. The first-order valence-electron chi connectivity index (χ1n) is 6.45. The van der Waals surface area contributed by atoms with Crippen LogP contribution >= 0.6 is 15.9 Å². The molecule has 2 aromatic carbocycles. The van der Waals surface area contributed by atoms with E-state index in [0.29, 0.717) is 10.2 Å². The number of aliphatic imine (C=N–C) groups is 1. The molecule has 0 spiro atoms. The molecule has 7 heteroatoms. The van der Waals surface area contributed by atoms with Crippen molar-refractivity contribution < 1.29 is 15.1 Å². The summed E-state index contributed by atoms with van der Waals surface area (Å²) in [5.41, 5.74) is 1.10. The predicted molar refractivity (Wildman–Crippen MR) is 87.2 cm³/mol. The van der Waals surface area contributed by atoms with Crippen LogP contribution in [0.3, 0.4) is 0 Å². The average Bonchev–Trinajstić information content (AvgIpc) is 2.48. The van der Waals surface area contributed by atoms with Crippen LogP contribution in [0.4, 0.5) is 11.4 Å². The van der Waals surface area contributed by atoms with Crippen LogP contribution in [0.5, 0.6) is 11.5 Å². The zero-order valence-electron chi connectivity index (χ0n) is 11.7. The Kier molecular flexibility index (Phi) is 4.77. The molecule has 0 saturated carbocycles. The first-order valence-corrected chi connectivity index (χ1v) is 7.24. The van der Waals surface area contributed by atoms with Crippen LogP contribution in [-0.4, -0.2) is 21.4 Å². The maximum absolute atomic E-state index is 10.9. The Labute approximate surface area is 135 Å². The molecular weight excluding hydrogens is 352 g/mol. The lowest BCUT2D eigenvalue weighted by molar-refractivity contribution is -0.385. The van der Waals surface area contributed by atoms with Gasteiger partial charge in [0.25, 0.3) is 0 Å². The SMILES string of the molecule is CCc1ccc(O)c(N=Cc2cc(Br)cc([N+](=O)[O-])c2O)c1. The van der Waals surface area contributed by atoms with Gasteiger partial charge < -0.3 is 10.2 Å². The molecule has 6 nitrogen and oxygen atoms in total. The van der Waals surface area contributed by atoms with E-state index in [4.69, 9.17) is 0 Å². The van der Waals surface area contributed by atoms with Gasteiger partial charge in [0.15, 0.2) is 0 Å². The summed E-state index contributed by atoms with van der Waals surface area (Å²) >= 11 is 3.15. The first-order chi connectivity index (χ1) is 10.4. The van der Waals surface area contributed by atoms with Crippen LogP contribution in [0.1, 0.15) is 18.1 Å². The lowest BCUT2D eigenvalue weighted by atomic mass is 10.1. The zero-order chi connectivity index (χ0) is 16.3. The van der Waals surface area contributed by atoms with Crippen LogP contribution in [0.15, 0.2) is 39.8 Å². The maximum Gasteiger partial charge on any atom is 0.312 e. The van der Waals surface area contributed by atoms with Gasteiger partial charge in [-0.05, 0) is 30.2 Å². The van der Waals surface area contributed by atoms with E-state index in [0.717, 1.165) is 12.0 Å². The molecule has 0 unspecified atom stereocenters. The highest BCUT2D eigenvalue weighted by Gasteiger charge is 2.17. The quantitative estimate of drug-likeness (QED) is 0.485. The number of aryl methyl sites for hydroxylation is 1. The second-order valence-corrected chi connectivity index (χ2v) is 5.47. The minimum atomic E-state index is -0.674. The highest BCUT2D eigenvalue weighted by Crippen LogP contribution is 2.33. The van der Waals surface area contributed by atoms with Crippen molar-refractivity contribution in [1.29, 1.82) is 0 Å². The third kappa shape index (κ3) is 3.43. The van der Waals surface area contributed by atoms with E-state index >= 15 is 0 Å². The topological polar surface area (TPSA) is 96.0 Å². The molecule has 0 aromatic heterocycles. The predicted octanol–water partition coefficient (Wildman–Crippen LogP) is 4.08. The molecule has 0 aliphatic heterocycles. The van der Waals surface area contributed by atoms with Crippen molar-refractivity contribution in [3.8, 4) is 11.5 Å². The van der Waals surface area contributed by atoms with E-state index < -0.39 is 16.4 Å². The van der Waals surface area contributed by atoms with Gasteiger partial charge in [0, 0.05) is 22.3 Å². The number of nitrogens with zero attached hydrogens (tertiary/aromatic N) is 2. The molecule has 0 bridgehead atoms. The summed E-state index contributed by atoms with van der Waals surface area (Å²) in [7, 11) is 0. The fourth-order valence-electron chi connectivity index (χ4n) is 1.87. The van der Waals surface area contributed by atoms with Crippen LogP contribution < -0.4 is 0 Å². The van der Waals surface area contributed by atoms with Gasteiger partial charge in [-0.1, -0.05) is 28.9 Å². The van der Waals surface area contributed by atoms with E-state index in [9.17, 15) is 20.3 Å². The molecule has 114 valence electrons. The van der Waals surface area contributed by atoms with E-state index in [1.54, 1.807) is 12.1 Å². The molecular formula is C15H13BrN2O4. The summed E-state index contributed by atoms with van der Waals surface area (Å²) in [6, 6.07) is 7.76. The number of hydrogen-bond acceptors (Lipinski definition) is 5. The highest BCUT2D eigenvalue weighted by molar-refractivity contribution is 9.10. The van der Waals surface area contributed by atoms with Gasteiger partial charge in [-0.3, -0.25) is 15.1 Å². The van der Waals surface area contributed by atoms with Gasteiger partial charge in [0.2, 0.25) is 5.75 Å². The number of hydrogen-bond donors (Lipinski definition) is 2. The van der Waals surface area contributed by atoms with Gasteiger partial charge >= 0.3 is 5.69 Å². The number of halogens is 1. The summed E-state index contributed by atoms with van der Waals surface area (Å²) in [6.45, 7) is 1.98. The molecule has 22 heavy (non-hydrogen) atoms. The maximum atomic E-state index is 10.9. The molecule has 0 heterocycles. The molecule has 0 aliphatic rings. The number of nitro benzene ring substituents is 1. The fraction of sp³-hybridized carbons (Fsp3) is 0.133. The Morgan fingerprint density at radius 1 is 1.32 bits per heavy atom. The number of benzene rings is 2. The first kappa shape index (κ1) is 16.0. The van der Waals surface area contributed by atoms with Crippen molar-refractivity contribution in [3.63, 3.8) is 0 Å². The van der Waals surface area contributed by atoms with Crippen LogP contribution in [-0.2, 0) is 6.42 Å². The van der Waals surface area contributed by atoms with Crippen LogP contribution in [0, 0.1) is 10.1 Å². The van der Waals surface area contributed by atoms with Crippen LogP contribution in [0.2, 0.25) is 0 Å². The van der Waals surface area contributed by atoms with Gasteiger partial charge in [0.05, 0.1) is 4.92 Å². The van der Waals surface area contributed by atoms with Crippen molar-refractivity contribution in [1.82, 2.24) is 0 Å². The van der Waals surface area contributed by atoms with E-state index in [2.05, 4.69) is 20.9 Å². The number of nitro groups is 1. The zero-order valence-corrected chi connectivity index (χ0v) is 13.2. The Morgan fingerprint density at radius 2 is 2.05 bits per heavy atom. The van der Waals surface area contributed by atoms with Gasteiger partial charge in [-0.2, -0.15) is 0 Å². The Bertz CT molecular complexity index is 759. The molecule has 0 atom stereocenters. The Morgan fingerprint density at radius 3 is 2.68 bits per heavy atom. The number of phenolic OH excluding ortho intramolecular Hbond substituents is 2. The van der Waals surface area contributed by atoms with Gasteiger partial charge in [0.1, 0.15) is 11.4 Å². The summed E-state index contributed by atoms with van der Waals surface area (Å²) in [5.74, 6) is -0.472.